The molecule has 0 aliphatic carbocycles. The maximum Gasteiger partial charge on any atom is 0.236 e. The minimum atomic E-state index is -1.28. The van der Waals surface area contributed by atoms with E-state index in [-0.39, 0.29) is 22.8 Å². The number of aliphatic hydroxyl groups excluding tert-OH is 3. The zero-order chi connectivity index (χ0) is 15.1. The van der Waals surface area contributed by atoms with Crippen LogP contribution < -0.4 is 5.73 Å². The molecule has 1 aliphatic heterocycles. The number of aliphatic hydroxyl groups is 3. The summed E-state index contributed by atoms with van der Waals surface area (Å²) in [6.07, 6.45) is -3.12. The second kappa shape index (κ2) is 4.90. The number of rotatable bonds is 2. The molecule has 2 aromatic rings. The minimum absolute atomic E-state index is 0.0297. The smallest absolute Gasteiger partial charge is 0.236 e. The van der Waals surface area contributed by atoms with Crippen LogP contribution in [0.1, 0.15) is 12.1 Å². The van der Waals surface area contributed by atoms with E-state index in [0.717, 1.165) is 0 Å². The Morgan fingerprint density at radius 3 is 2.76 bits per heavy atom. The first-order chi connectivity index (χ1) is 10.1. The van der Waals surface area contributed by atoms with Crippen LogP contribution in [0.15, 0.2) is 6.33 Å². The van der Waals surface area contributed by atoms with E-state index in [9.17, 15) is 10.2 Å². The number of aromatic nitrogens is 4. The van der Waals surface area contributed by atoms with Gasteiger partial charge in [0.1, 0.15) is 29.9 Å². The first kappa shape index (κ1) is 13.7. The molecule has 110 valence electrons. The number of imidazole rings is 1. The van der Waals surface area contributed by atoms with E-state index in [4.69, 9.17) is 20.8 Å². The Morgan fingerprint density at radius 1 is 1.38 bits per heavy atom. The van der Waals surface area contributed by atoms with Gasteiger partial charge in [-0.2, -0.15) is 15.2 Å². The summed E-state index contributed by atoms with van der Waals surface area (Å²) in [5, 5.41) is 37.8. The van der Waals surface area contributed by atoms with Crippen molar-refractivity contribution in [1.82, 2.24) is 19.5 Å². The van der Waals surface area contributed by atoms with E-state index >= 15 is 0 Å². The number of hydrogen-bond acceptors (Lipinski definition) is 9. The summed E-state index contributed by atoms with van der Waals surface area (Å²) in [5.74, 6) is -0.115. The van der Waals surface area contributed by atoms with E-state index in [1.807, 2.05) is 0 Å². The van der Waals surface area contributed by atoms with Crippen molar-refractivity contribution in [3.8, 4) is 6.07 Å². The Morgan fingerprint density at radius 2 is 2.14 bits per heavy atom. The van der Waals surface area contributed by atoms with Gasteiger partial charge >= 0.3 is 0 Å². The molecule has 1 saturated heterocycles. The van der Waals surface area contributed by atoms with Crippen LogP contribution in [0.25, 0.3) is 11.2 Å². The van der Waals surface area contributed by atoms with Gasteiger partial charge in [0.05, 0.1) is 12.9 Å². The van der Waals surface area contributed by atoms with Crippen molar-refractivity contribution in [2.75, 3.05) is 12.3 Å². The molecular formula is C11H12N6O4. The number of nitrogens with zero attached hydrogens (tertiary/aromatic N) is 5. The lowest BCUT2D eigenvalue weighted by Gasteiger charge is -2.16. The Hall–Kier alpha value is -2.32. The first-order valence-electron chi connectivity index (χ1n) is 6.09. The van der Waals surface area contributed by atoms with Gasteiger partial charge in [0.15, 0.2) is 17.7 Å². The highest BCUT2D eigenvalue weighted by Gasteiger charge is 2.44. The average molecular weight is 292 g/mol. The van der Waals surface area contributed by atoms with Crippen LogP contribution in [-0.2, 0) is 4.74 Å². The second-order valence-electron chi connectivity index (χ2n) is 4.60. The fraction of sp³-hybridized carbons (Fsp3) is 0.455. The normalized spacial score (nSPS) is 28.9. The van der Waals surface area contributed by atoms with Gasteiger partial charge in [-0.15, -0.1) is 0 Å². The summed E-state index contributed by atoms with van der Waals surface area (Å²) in [6, 6.07) is 1.77. The molecule has 0 amide bonds. The van der Waals surface area contributed by atoms with E-state index in [0.29, 0.717) is 0 Å². The van der Waals surface area contributed by atoms with E-state index in [1.54, 1.807) is 6.07 Å². The van der Waals surface area contributed by atoms with E-state index in [2.05, 4.69) is 15.0 Å². The second-order valence-corrected chi connectivity index (χ2v) is 4.60. The molecule has 0 bridgehead atoms. The van der Waals surface area contributed by atoms with Crippen molar-refractivity contribution in [3.63, 3.8) is 0 Å². The monoisotopic (exact) mass is 292 g/mol. The molecule has 3 heterocycles. The highest BCUT2D eigenvalue weighted by atomic mass is 16.6. The van der Waals surface area contributed by atoms with Crippen LogP contribution in [0.2, 0.25) is 0 Å². The zero-order valence-corrected chi connectivity index (χ0v) is 10.7. The number of fused-ring (bicyclic) bond motifs is 1. The van der Waals surface area contributed by atoms with Crippen molar-refractivity contribution in [1.29, 1.82) is 5.26 Å². The fourth-order valence-electron chi connectivity index (χ4n) is 2.28. The van der Waals surface area contributed by atoms with Crippen LogP contribution in [0.4, 0.5) is 5.82 Å². The van der Waals surface area contributed by atoms with Crippen LogP contribution >= 0.6 is 0 Å². The van der Waals surface area contributed by atoms with Gasteiger partial charge in [0.2, 0.25) is 5.82 Å². The molecular weight excluding hydrogens is 280 g/mol. The van der Waals surface area contributed by atoms with Crippen LogP contribution in [0, 0.1) is 11.3 Å². The maximum atomic E-state index is 10.0. The highest BCUT2D eigenvalue weighted by Crippen LogP contribution is 2.31. The van der Waals surface area contributed by atoms with Gasteiger partial charge in [-0.1, -0.05) is 0 Å². The lowest BCUT2D eigenvalue weighted by atomic mass is 10.1. The topological polar surface area (TPSA) is 163 Å². The molecule has 1 fully saturated rings. The van der Waals surface area contributed by atoms with Gasteiger partial charge in [0, 0.05) is 0 Å². The van der Waals surface area contributed by atoms with E-state index in [1.165, 1.54) is 10.9 Å². The summed E-state index contributed by atoms with van der Waals surface area (Å²) in [7, 11) is 0. The molecule has 10 heteroatoms. The molecule has 3 rings (SSSR count). The van der Waals surface area contributed by atoms with E-state index < -0.39 is 31.1 Å². The van der Waals surface area contributed by atoms with Crippen LogP contribution in [-0.4, -0.2) is 59.8 Å². The molecule has 0 spiro atoms. The zero-order valence-electron chi connectivity index (χ0n) is 10.7. The molecule has 21 heavy (non-hydrogen) atoms. The predicted molar refractivity (Wildman–Crippen MR) is 67.5 cm³/mol. The van der Waals surface area contributed by atoms with Crippen LogP contribution in [0.3, 0.4) is 0 Å². The molecule has 1 aliphatic rings. The fourth-order valence-corrected chi connectivity index (χ4v) is 2.28. The third-order valence-corrected chi connectivity index (χ3v) is 3.34. The van der Waals surface area contributed by atoms with Gasteiger partial charge < -0.3 is 25.8 Å². The number of nitrogen functional groups attached to an aromatic ring is 1. The van der Waals surface area contributed by atoms with Gasteiger partial charge in [-0.05, 0) is 0 Å². The molecule has 0 saturated carbocycles. The minimum Gasteiger partial charge on any atom is -0.394 e. The lowest BCUT2D eigenvalue weighted by Crippen LogP contribution is -2.33. The van der Waals surface area contributed by atoms with Crippen molar-refractivity contribution in [2.45, 2.75) is 24.5 Å². The van der Waals surface area contributed by atoms with Crippen molar-refractivity contribution >= 4 is 17.0 Å². The van der Waals surface area contributed by atoms with Crippen molar-refractivity contribution in [3.05, 3.63) is 12.2 Å². The Labute approximate surface area is 118 Å². The third kappa shape index (κ3) is 1.99. The SMILES string of the molecule is N#Cc1nc(N)c2ncn([C@@H]3O[C@H](CO)C(O)C3O)c2n1. The van der Waals surface area contributed by atoms with Gasteiger partial charge in [0.25, 0.3) is 0 Å². The molecule has 0 aromatic carbocycles. The standard InChI is InChI=1S/C11H12N6O4/c12-1-5-15-9(13)6-10(16-5)17(3-14-6)11-8(20)7(19)4(2-18)21-11/h3-4,7-8,11,18-20H,2H2,(H2,13,15,16)/t4-,7?,8?,11-/m1/s1. The average Bonchev–Trinajstić information content (AvgIpc) is 3.02. The molecule has 2 aromatic heterocycles. The number of anilines is 1. The molecule has 4 atom stereocenters. The lowest BCUT2D eigenvalue weighted by molar-refractivity contribution is -0.0511. The Bertz CT molecular complexity index is 725. The first-order valence-corrected chi connectivity index (χ1v) is 6.09. The molecule has 2 unspecified atom stereocenters. The van der Waals surface area contributed by atoms with Gasteiger partial charge in [-0.25, -0.2) is 4.98 Å². The number of ether oxygens (including phenoxy) is 1. The Kier molecular flexibility index (Phi) is 3.19. The highest BCUT2D eigenvalue weighted by molar-refractivity contribution is 5.81. The number of nitrogens with two attached hydrogens (primary N) is 1. The summed E-state index contributed by atoms with van der Waals surface area (Å²) in [4.78, 5) is 11.8. The quantitative estimate of drug-likeness (QED) is 0.485. The largest absolute Gasteiger partial charge is 0.394 e. The van der Waals surface area contributed by atoms with Crippen molar-refractivity contribution in [2.24, 2.45) is 0 Å². The number of hydrogen-bond donors (Lipinski definition) is 4. The van der Waals surface area contributed by atoms with Crippen molar-refractivity contribution < 1.29 is 20.1 Å². The summed E-state index contributed by atoms with van der Waals surface area (Å²) >= 11 is 0. The van der Waals surface area contributed by atoms with Gasteiger partial charge in [-0.3, -0.25) is 4.57 Å². The number of nitriles is 1. The van der Waals surface area contributed by atoms with Crippen LogP contribution in [0.5, 0.6) is 0 Å². The summed E-state index contributed by atoms with van der Waals surface area (Å²) in [5.41, 5.74) is 6.15. The molecule has 5 N–H and O–H groups in total. The molecule has 0 radical (unpaired) electrons. The predicted octanol–water partition coefficient (Wildman–Crippen LogP) is -2.11. The maximum absolute atomic E-state index is 10.0. The Balaban J connectivity index is 2.10. The molecule has 10 nitrogen and oxygen atoms in total. The third-order valence-electron chi connectivity index (χ3n) is 3.34. The summed E-state index contributed by atoms with van der Waals surface area (Å²) in [6.45, 7) is -0.443. The summed E-state index contributed by atoms with van der Waals surface area (Å²) < 4.78 is 6.73.